The number of aryl methyl sites for hydroxylation is 1. The second-order valence-electron chi connectivity index (χ2n) is 5.34. The summed E-state index contributed by atoms with van der Waals surface area (Å²) < 4.78 is 10.7. The average Bonchev–Trinajstić information content (AvgIpc) is 2.32. The van der Waals surface area contributed by atoms with Crippen LogP contribution in [0.25, 0.3) is 0 Å². The highest BCUT2D eigenvalue weighted by molar-refractivity contribution is 6.29. The lowest BCUT2D eigenvalue weighted by atomic mass is 10.2. The van der Waals surface area contributed by atoms with Crippen molar-refractivity contribution in [3.05, 3.63) is 17.0 Å². The third-order valence-electron chi connectivity index (χ3n) is 2.23. The van der Waals surface area contributed by atoms with E-state index in [1.165, 1.54) is 0 Å². The molecule has 0 unspecified atom stereocenters. The van der Waals surface area contributed by atoms with Crippen molar-refractivity contribution in [1.82, 2.24) is 9.97 Å². The Balaban J connectivity index is 2.34. The molecule has 0 aliphatic carbocycles. The summed E-state index contributed by atoms with van der Waals surface area (Å²) in [6.45, 7) is 7.86. The molecular weight excluding hydrogens is 280 g/mol. The topological polar surface area (TPSA) is 61.3 Å². The van der Waals surface area contributed by atoms with Crippen LogP contribution < -0.4 is 4.74 Å². The Morgan fingerprint density at radius 2 is 2.05 bits per heavy atom. The number of hydrogen-bond donors (Lipinski definition) is 0. The van der Waals surface area contributed by atoms with Gasteiger partial charge in [-0.05, 0) is 27.2 Å². The van der Waals surface area contributed by atoms with Gasteiger partial charge in [-0.15, -0.1) is 0 Å². The number of rotatable bonds is 6. The van der Waals surface area contributed by atoms with Gasteiger partial charge >= 0.3 is 5.97 Å². The summed E-state index contributed by atoms with van der Waals surface area (Å²) in [5.74, 6) is 0.849. The molecule has 0 aliphatic rings. The fourth-order valence-electron chi connectivity index (χ4n) is 1.46. The maximum absolute atomic E-state index is 11.5. The van der Waals surface area contributed by atoms with Gasteiger partial charge in [-0.25, -0.2) is 4.98 Å². The van der Waals surface area contributed by atoms with E-state index in [2.05, 4.69) is 9.97 Å². The summed E-state index contributed by atoms with van der Waals surface area (Å²) in [5, 5.41) is 0.360. The molecule has 0 radical (unpaired) electrons. The fourth-order valence-corrected chi connectivity index (χ4v) is 1.65. The Morgan fingerprint density at radius 3 is 2.65 bits per heavy atom. The first-order valence-electron chi connectivity index (χ1n) is 6.68. The van der Waals surface area contributed by atoms with E-state index in [-0.39, 0.29) is 5.97 Å². The summed E-state index contributed by atoms with van der Waals surface area (Å²) in [5.41, 5.74) is -0.450. The van der Waals surface area contributed by atoms with Gasteiger partial charge in [0.25, 0.3) is 0 Å². The van der Waals surface area contributed by atoms with Crippen LogP contribution in [0.4, 0.5) is 0 Å². The van der Waals surface area contributed by atoms with Crippen LogP contribution in [0.15, 0.2) is 6.07 Å². The minimum atomic E-state index is -0.450. The summed E-state index contributed by atoms with van der Waals surface area (Å²) in [6, 6.07) is 1.56. The second-order valence-corrected chi connectivity index (χ2v) is 5.72. The third-order valence-corrected chi connectivity index (χ3v) is 2.42. The van der Waals surface area contributed by atoms with E-state index in [1.807, 2.05) is 27.7 Å². The van der Waals surface area contributed by atoms with Crippen molar-refractivity contribution in [2.75, 3.05) is 6.61 Å². The molecule has 5 nitrogen and oxygen atoms in total. The molecule has 0 spiro atoms. The van der Waals surface area contributed by atoms with Crippen LogP contribution in [0, 0.1) is 0 Å². The SMILES string of the molecule is CCc1nc(Cl)cc(OCCCC(=O)OC(C)(C)C)n1. The molecular formula is C14H21ClN2O3. The van der Waals surface area contributed by atoms with Gasteiger partial charge in [0.2, 0.25) is 5.88 Å². The molecule has 20 heavy (non-hydrogen) atoms. The molecule has 1 aromatic heterocycles. The van der Waals surface area contributed by atoms with Crippen molar-refractivity contribution in [3.8, 4) is 5.88 Å². The lowest BCUT2D eigenvalue weighted by Gasteiger charge is -2.19. The standard InChI is InChI=1S/C14H21ClN2O3/c1-5-11-16-10(15)9-12(17-11)19-8-6-7-13(18)20-14(2,3)4/h9H,5-8H2,1-4H3. The van der Waals surface area contributed by atoms with Gasteiger partial charge in [-0.3, -0.25) is 4.79 Å². The highest BCUT2D eigenvalue weighted by atomic mass is 35.5. The van der Waals surface area contributed by atoms with Crippen molar-refractivity contribution in [1.29, 1.82) is 0 Å². The molecule has 112 valence electrons. The van der Waals surface area contributed by atoms with Crippen LogP contribution in [0.2, 0.25) is 5.15 Å². The first-order valence-corrected chi connectivity index (χ1v) is 7.06. The predicted octanol–water partition coefficient (Wildman–Crippen LogP) is 3.19. The van der Waals surface area contributed by atoms with Crippen molar-refractivity contribution < 1.29 is 14.3 Å². The third kappa shape index (κ3) is 6.70. The van der Waals surface area contributed by atoms with E-state index in [0.717, 1.165) is 0 Å². The normalized spacial score (nSPS) is 11.2. The lowest BCUT2D eigenvalue weighted by molar-refractivity contribution is -0.155. The molecule has 0 aromatic carbocycles. The van der Waals surface area contributed by atoms with Gasteiger partial charge in [0.1, 0.15) is 16.6 Å². The summed E-state index contributed by atoms with van der Waals surface area (Å²) in [6.07, 6.45) is 1.57. The van der Waals surface area contributed by atoms with Gasteiger partial charge in [0.15, 0.2) is 0 Å². The largest absolute Gasteiger partial charge is 0.478 e. The zero-order chi connectivity index (χ0) is 15.2. The monoisotopic (exact) mass is 300 g/mol. The van der Waals surface area contributed by atoms with Crippen LogP contribution in [-0.2, 0) is 16.0 Å². The maximum Gasteiger partial charge on any atom is 0.306 e. The van der Waals surface area contributed by atoms with Gasteiger partial charge < -0.3 is 9.47 Å². The average molecular weight is 301 g/mol. The van der Waals surface area contributed by atoms with Crippen molar-refractivity contribution >= 4 is 17.6 Å². The highest BCUT2D eigenvalue weighted by Gasteiger charge is 2.15. The number of nitrogens with zero attached hydrogens (tertiary/aromatic N) is 2. The number of carbonyl (C=O) groups is 1. The minimum absolute atomic E-state index is 0.226. The van der Waals surface area contributed by atoms with E-state index in [1.54, 1.807) is 6.07 Å². The number of ether oxygens (including phenoxy) is 2. The first-order chi connectivity index (χ1) is 9.30. The molecule has 0 amide bonds. The van der Waals surface area contributed by atoms with Gasteiger partial charge in [-0.2, -0.15) is 4.98 Å². The summed E-state index contributed by atoms with van der Waals surface area (Å²) >= 11 is 5.86. The first kappa shape index (κ1) is 16.7. The maximum atomic E-state index is 11.5. The quantitative estimate of drug-likeness (QED) is 0.459. The van der Waals surface area contributed by atoms with E-state index < -0.39 is 5.60 Å². The molecule has 0 saturated carbocycles. The van der Waals surface area contributed by atoms with Crippen LogP contribution in [0.1, 0.15) is 46.4 Å². The van der Waals surface area contributed by atoms with Crippen LogP contribution in [-0.4, -0.2) is 28.1 Å². The van der Waals surface area contributed by atoms with Crippen LogP contribution >= 0.6 is 11.6 Å². The van der Waals surface area contributed by atoms with Crippen molar-refractivity contribution in [3.63, 3.8) is 0 Å². The minimum Gasteiger partial charge on any atom is -0.478 e. The number of aromatic nitrogens is 2. The number of hydrogen-bond acceptors (Lipinski definition) is 5. The molecule has 0 bridgehead atoms. The Bertz CT molecular complexity index is 458. The van der Waals surface area contributed by atoms with Crippen LogP contribution in [0.3, 0.4) is 0 Å². The Hall–Kier alpha value is -1.36. The zero-order valence-electron chi connectivity index (χ0n) is 12.4. The van der Waals surface area contributed by atoms with Gasteiger partial charge in [-0.1, -0.05) is 18.5 Å². The fraction of sp³-hybridized carbons (Fsp3) is 0.643. The highest BCUT2D eigenvalue weighted by Crippen LogP contribution is 2.15. The second kappa shape index (κ2) is 7.43. The van der Waals surface area contributed by atoms with E-state index in [0.29, 0.717) is 42.7 Å². The number of carbonyl (C=O) groups excluding carboxylic acids is 1. The van der Waals surface area contributed by atoms with Gasteiger partial charge in [0, 0.05) is 18.9 Å². The molecule has 6 heteroatoms. The zero-order valence-corrected chi connectivity index (χ0v) is 13.2. The Labute approximate surface area is 124 Å². The molecule has 1 rings (SSSR count). The number of halogens is 1. The molecule has 0 N–H and O–H groups in total. The Kier molecular flexibility index (Phi) is 6.20. The van der Waals surface area contributed by atoms with Crippen molar-refractivity contribution in [2.24, 2.45) is 0 Å². The molecule has 0 saturated heterocycles. The molecule has 1 aromatic rings. The smallest absolute Gasteiger partial charge is 0.306 e. The molecule has 0 fully saturated rings. The number of esters is 1. The van der Waals surface area contributed by atoms with E-state index >= 15 is 0 Å². The van der Waals surface area contributed by atoms with Gasteiger partial charge in [0.05, 0.1) is 6.61 Å². The van der Waals surface area contributed by atoms with Crippen LogP contribution in [0.5, 0.6) is 5.88 Å². The summed E-state index contributed by atoms with van der Waals surface area (Å²) in [4.78, 5) is 19.7. The summed E-state index contributed by atoms with van der Waals surface area (Å²) in [7, 11) is 0. The molecule has 0 aliphatic heterocycles. The molecule has 0 atom stereocenters. The predicted molar refractivity (Wildman–Crippen MR) is 77.0 cm³/mol. The molecule has 1 heterocycles. The van der Waals surface area contributed by atoms with E-state index in [4.69, 9.17) is 21.1 Å². The van der Waals surface area contributed by atoms with E-state index in [9.17, 15) is 4.79 Å². The Morgan fingerprint density at radius 1 is 1.35 bits per heavy atom. The lowest BCUT2D eigenvalue weighted by Crippen LogP contribution is -2.24. The van der Waals surface area contributed by atoms with Crippen molar-refractivity contribution in [2.45, 2.75) is 52.6 Å².